The van der Waals surface area contributed by atoms with E-state index in [-0.39, 0.29) is 5.82 Å². The van der Waals surface area contributed by atoms with Crippen LogP contribution in [0.25, 0.3) is 55.7 Å². The lowest BCUT2D eigenvalue weighted by Crippen LogP contribution is -2.12. The summed E-state index contributed by atoms with van der Waals surface area (Å²) in [5, 5.41) is 12.1. The highest BCUT2D eigenvalue weighted by Gasteiger charge is 2.17. The lowest BCUT2D eigenvalue weighted by Gasteiger charge is -2.07. The summed E-state index contributed by atoms with van der Waals surface area (Å²) in [6.45, 7) is 1.52. The van der Waals surface area contributed by atoms with Crippen LogP contribution in [-0.4, -0.2) is 25.1 Å². The van der Waals surface area contributed by atoms with Crippen molar-refractivity contribution in [2.45, 2.75) is 13.1 Å². The monoisotopic (exact) mass is 524 g/mol. The first-order chi connectivity index (χ1) is 19.7. The summed E-state index contributed by atoms with van der Waals surface area (Å²) in [5.41, 5.74) is 8.82. The zero-order chi connectivity index (χ0) is 26.9. The molecule has 0 aliphatic carbocycles. The van der Waals surface area contributed by atoms with E-state index in [0.717, 1.165) is 51.8 Å². The molecule has 0 aliphatic heterocycles. The molecule has 4 aromatic carbocycles. The van der Waals surface area contributed by atoms with Gasteiger partial charge in [-0.05, 0) is 47.0 Å². The molecule has 0 fully saturated rings. The molecule has 0 spiro atoms. The lowest BCUT2D eigenvalue weighted by atomic mass is 10.0. The molecule has 3 N–H and O–H groups in total. The number of fused-ring (bicyclic) bond motifs is 2. The van der Waals surface area contributed by atoms with Gasteiger partial charge in [0, 0.05) is 47.6 Å². The fourth-order valence-corrected chi connectivity index (χ4v) is 5.10. The smallest absolute Gasteiger partial charge is 0.159 e. The number of benzene rings is 4. The third-order valence-corrected chi connectivity index (χ3v) is 7.09. The molecule has 0 saturated heterocycles. The van der Waals surface area contributed by atoms with Crippen molar-refractivity contribution >= 4 is 21.9 Å². The molecule has 0 radical (unpaired) electrons. The van der Waals surface area contributed by atoms with E-state index < -0.39 is 0 Å². The Kier molecular flexibility index (Phi) is 6.11. The van der Waals surface area contributed by atoms with Crippen LogP contribution in [0.2, 0.25) is 0 Å². The Hall–Kier alpha value is -5.14. The highest BCUT2D eigenvalue weighted by Crippen LogP contribution is 2.34. The summed E-state index contributed by atoms with van der Waals surface area (Å²) in [6.07, 6.45) is 3.77. The summed E-state index contributed by atoms with van der Waals surface area (Å²) in [6, 6.07) is 31.2. The molecule has 194 valence electrons. The van der Waals surface area contributed by atoms with E-state index in [1.807, 2.05) is 60.9 Å². The molecule has 0 aliphatic rings. The van der Waals surface area contributed by atoms with Gasteiger partial charge < -0.3 is 10.3 Å². The second kappa shape index (κ2) is 10.2. The largest absolute Gasteiger partial charge is 0.337 e. The van der Waals surface area contributed by atoms with Gasteiger partial charge in [0.05, 0.1) is 16.6 Å². The number of pyridine rings is 1. The Bertz CT molecular complexity index is 1960. The van der Waals surface area contributed by atoms with E-state index in [9.17, 15) is 4.39 Å². The molecule has 0 unspecified atom stereocenters. The summed E-state index contributed by atoms with van der Waals surface area (Å²) in [7, 11) is 0. The van der Waals surface area contributed by atoms with Crippen LogP contribution in [0, 0.1) is 5.82 Å². The summed E-state index contributed by atoms with van der Waals surface area (Å²) in [5.74, 6) is 0.347. The maximum absolute atomic E-state index is 14.6. The van der Waals surface area contributed by atoms with Gasteiger partial charge in [-0.2, -0.15) is 5.10 Å². The van der Waals surface area contributed by atoms with Crippen LogP contribution < -0.4 is 5.32 Å². The average Bonchev–Trinajstić information content (AvgIpc) is 3.62. The first-order valence-electron chi connectivity index (χ1n) is 13.1. The summed E-state index contributed by atoms with van der Waals surface area (Å²) >= 11 is 0. The average molecular weight is 525 g/mol. The third kappa shape index (κ3) is 4.52. The van der Waals surface area contributed by atoms with Crippen molar-refractivity contribution in [3.63, 3.8) is 0 Å². The van der Waals surface area contributed by atoms with Crippen LogP contribution in [0.3, 0.4) is 0 Å². The van der Waals surface area contributed by atoms with Crippen LogP contribution in [0.5, 0.6) is 0 Å². The van der Waals surface area contributed by atoms with Gasteiger partial charge in [0.25, 0.3) is 0 Å². The molecule has 0 amide bonds. The Labute approximate surface area is 230 Å². The first-order valence-corrected chi connectivity index (χ1v) is 13.1. The maximum atomic E-state index is 14.6. The molecular formula is C33H25FN6. The Balaban J connectivity index is 1.21. The molecule has 7 aromatic rings. The van der Waals surface area contributed by atoms with Gasteiger partial charge in [0.2, 0.25) is 0 Å². The van der Waals surface area contributed by atoms with Crippen LogP contribution in [0.4, 0.5) is 4.39 Å². The van der Waals surface area contributed by atoms with Crippen molar-refractivity contribution in [2.24, 2.45) is 0 Å². The molecule has 6 nitrogen and oxygen atoms in total. The predicted molar refractivity (Wildman–Crippen MR) is 157 cm³/mol. The van der Waals surface area contributed by atoms with E-state index >= 15 is 0 Å². The third-order valence-electron chi connectivity index (χ3n) is 7.09. The molecular weight excluding hydrogens is 499 g/mol. The second-order valence-corrected chi connectivity index (χ2v) is 9.77. The van der Waals surface area contributed by atoms with Crippen molar-refractivity contribution in [3.8, 4) is 33.8 Å². The topological polar surface area (TPSA) is 82.3 Å². The minimum atomic E-state index is -0.277. The van der Waals surface area contributed by atoms with E-state index in [1.54, 1.807) is 12.1 Å². The molecule has 7 heteroatoms. The molecule has 0 atom stereocenters. The van der Waals surface area contributed by atoms with Crippen molar-refractivity contribution in [3.05, 3.63) is 126 Å². The first kappa shape index (κ1) is 23.9. The van der Waals surface area contributed by atoms with E-state index in [0.29, 0.717) is 22.6 Å². The zero-order valence-corrected chi connectivity index (χ0v) is 21.5. The molecule has 7 rings (SSSR count). The van der Waals surface area contributed by atoms with Crippen LogP contribution >= 0.6 is 0 Å². The van der Waals surface area contributed by atoms with Gasteiger partial charge in [-0.1, -0.05) is 66.7 Å². The van der Waals surface area contributed by atoms with Gasteiger partial charge in [0.15, 0.2) is 5.82 Å². The normalized spacial score (nSPS) is 11.4. The zero-order valence-electron chi connectivity index (χ0n) is 21.5. The molecule has 3 aromatic heterocycles. The molecule has 40 heavy (non-hydrogen) atoms. The van der Waals surface area contributed by atoms with Crippen molar-refractivity contribution in [2.75, 3.05) is 0 Å². The van der Waals surface area contributed by atoms with Gasteiger partial charge in [0.1, 0.15) is 11.5 Å². The summed E-state index contributed by atoms with van der Waals surface area (Å²) in [4.78, 5) is 12.8. The number of hydrogen-bond donors (Lipinski definition) is 3. The van der Waals surface area contributed by atoms with Gasteiger partial charge >= 0.3 is 0 Å². The van der Waals surface area contributed by atoms with Gasteiger partial charge in [-0.15, -0.1) is 0 Å². The number of aromatic nitrogens is 5. The highest BCUT2D eigenvalue weighted by atomic mass is 19.1. The quantitative estimate of drug-likeness (QED) is 0.205. The van der Waals surface area contributed by atoms with Crippen LogP contribution in [0.1, 0.15) is 11.1 Å². The Morgan fingerprint density at radius 3 is 2.42 bits per heavy atom. The van der Waals surface area contributed by atoms with Crippen molar-refractivity contribution in [1.82, 2.24) is 30.5 Å². The minimum absolute atomic E-state index is 0.277. The number of aromatic amines is 2. The summed E-state index contributed by atoms with van der Waals surface area (Å²) < 4.78 is 14.6. The Morgan fingerprint density at radius 2 is 1.52 bits per heavy atom. The SMILES string of the molecule is Fc1ccccc1-c1cccc2[nH]c(-c3n[nH]c4ccc(-c5cncc(CNCc6ccccc6)c5)cc34)nc12. The number of halogens is 1. The fourth-order valence-electron chi connectivity index (χ4n) is 5.10. The standard InChI is InChI=1S/C33H25FN6/c34-28-11-5-4-9-25(28)26-10-6-12-30-31(26)38-33(37-30)32-27-16-23(13-14-29(27)39-40-32)24-15-22(19-36-20-24)18-35-17-21-7-2-1-3-8-21/h1-16,19-20,35H,17-18H2,(H,37,38)(H,39,40). The maximum Gasteiger partial charge on any atom is 0.159 e. The van der Waals surface area contributed by atoms with Crippen molar-refractivity contribution < 1.29 is 4.39 Å². The number of nitrogens with one attached hydrogen (secondary N) is 3. The second-order valence-electron chi connectivity index (χ2n) is 9.77. The number of rotatable bonds is 7. The lowest BCUT2D eigenvalue weighted by molar-refractivity contribution is 0.631. The van der Waals surface area contributed by atoms with Gasteiger partial charge in [-0.3, -0.25) is 10.1 Å². The number of nitrogens with zero attached hydrogens (tertiary/aromatic N) is 3. The van der Waals surface area contributed by atoms with E-state index in [4.69, 9.17) is 4.98 Å². The predicted octanol–water partition coefficient (Wildman–Crippen LogP) is 7.26. The van der Waals surface area contributed by atoms with Crippen molar-refractivity contribution in [1.29, 1.82) is 0 Å². The van der Waals surface area contributed by atoms with Gasteiger partial charge in [-0.25, -0.2) is 9.37 Å². The van der Waals surface area contributed by atoms with E-state index in [2.05, 4.69) is 55.8 Å². The molecule has 3 heterocycles. The fraction of sp³-hybridized carbons (Fsp3) is 0.0606. The highest BCUT2D eigenvalue weighted by molar-refractivity contribution is 5.98. The minimum Gasteiger partial charge on any atom is -0.337 e. The number of imidazole rings is 1. The molecule has 0 saturated carbocycles. The van der Waals surface area contributed by atoms with E-state index in [1.165, 1.54) is 11.6 Å². The van der Waals surface area contributed by atoms with Crippen LogP contribution in [0.15, 0.2) is 109 Å². The molecule has 0 bridgehead atoms. The Morgan fingerprint density at radius 1 is 0.700 bits per heavy atom. The number of hydrogen-bond acceptors (Lipinski definition) is 4. The number of H-pyrrole nitrogens is 2. The van der Waals surface area contributed by atoms with Crippen LogP contribution in [-0.2, 0) is 13.1 Å². The number of para-hydroxylation sites is 1.